The number of hydrogen-bond acceptors (Lipinski definition) is 4. The van der Waals surface area contributed by atoms with E-state index in [2.05, 4.69) is 29.5 Å². The summed E-state index contributed by atoms with van der Waals surface area (Å²) in [4.78, 5) is 4.64. The van der Waals surface area contributed by atoms with Crippen molar-refractivity contribution in [1.29, 1.82) is 0 Å². The summed E-state index contributed by atoms with van der Waals surface area (Å²) in [5.41, 5.74) is 1.21. The smallest absolute Gasteiger partial charge is 0.0897 e. The first-order valence-corrected chi connectivity index (χ1v) is 9.29. The Balaban J connectivity index is 2.04. The van der Waals surface area contributed by atoms with E-state index in [-0.39, 0.29) is 0 Å². The number of aromatic nitrogens is 1. The largest absolute Gasteiger partial charge is 0.380 e. The van der Waals surface area contributed by atoms with E-state index in [1.165, 1.54) is 37.8 Å². The minimum absolute atomic E-state index is 0.318. The molecule has 0 aliphatic heterocycles. The highest BCUT2D eigenvalue weighted by Gasteiger charge is 2.30. The van der Waals surface area contributed by atoms with Gasteiger partial charge in [0.2, 0.25) is 0 Å². The van der Waals surface area contributed by atoms with Crippen molar-refractivity contribution >= 4 is 11.3 Å². The van der Waals surface area contributed by atoms with Gasteiger partial charge in [-0.05, 0) is 38.6 Å². The van der Waals surface area contributed by atoms with Crippen LogP contribution < -0.4 is 5.32 Å². The van der Waals surface area contributed by atoms with Crippen LogP contribution in [0.1, 0.15) is 56.2 Å². The summed E-state index contributed by atoms with van der Waals surface area (Å²) in [5, 5.41) is 7.07. The van der Waals surface area contributed by atoms with E-state index in [4.69, 9.17) is 4.74 Å². The number of nitrogens with zero attached hydrogens (tertiary/aromatic N) is 1. The molecule has 0 saturated heterocycles. The van der Waals surface area contributed by atoms with Gasteiger partial charge in [-0.1, -0.05) is 26.2 Å². The van der Waals surface area contributed by atoms with Crippen molar-refractivity contribution in [2.45, 2.75) is 70.9 Å². The molecule has 1 aromatic heterocycles. The van der Waals surface area contributed by atoms with Gasteiger partial charge in [0, 0.05) is 25.0 Å². The summed E-state index contributed by atoms with van der Waals surface area (Å²) in [6.45, 7) is 5.36. The second kappa shape index (κ2) is 8.86. The van der Waals surface area contributed by atoms with Crippen LogP contribution in [0.4, 0.5) is 0 Å². The van der Waals surface area contributed by atoms with Crippen LogP contribution in [0.2, 0.25) is 0 Å². The maximum Gasteiger partial charge on any atom is 0.0897 e. The molecule has 1 aliphatic rings. The lowest BCUT2D eigenvalue weighted by atomic mass is 9.81. The standard InChI is InChI=1S/C17H30N2OS/c1-4-10-18-16(11-15-12-21-13(2)19-15)17(20-3)14-8-6-5-7-9-14/h12,14,16-18H,4-11H2,1-3H3. The quantitative estimate of drug-likeness (QED) is 0.789. The summed E-state index contributed by atoms with van der Waals surface area (Å²) in [7, 11) is 1.88. The molecule has 1 aliphatic carbocycles. The fourth-order valence-corrected chi connectivity index (χ4v) is 4.13. The van der Waals surface area contributed by atoms with E-state index in [9.17, 15) is 0 Å². The average Bonchev–Trinajstić information content (AvgIpc) is 2.91. The molecule has 21 heavy (non-hydrogen) atoms. The molecule has 0 aromatic carbocycles. The molecular weight excluding hydrogens is 280 g/mol. The van der Waals surface area contributed by atoms with E-state index in [1.807, 2.05) is 7.11 Å². The van der Waals surface area contributed by atoms with Gasteiger partial charge in [-0.25, -0.2) is 4.98 Å². The lowest BCUT2D eigenvalue weighted by molar-refractivity contribution is 0.00814. The predicted octanol–water partition coefficient (Wildman–Crippen LogP) is 3.96. The Morgan fingerprint density at radius 3 is 2.71 bits per heavy atom. The highest BCUT2D eigenvalue weighted by Crippen LogP contribution is 2.30. The molecule has 1 saturated carbocycles. The molecular formula is C17H30N2OS. The minimum atomic E-state index is 0.318. The maximum absolute atomic E-state index is 5.94. The molecule has 1 heterocycles. The average molecular weight is 311 g/mol. The van der Waals surface area contributed by atoms with Crippen molar-refractivity contribution in [3.05, 3.63) is 16.1 Å². The summed E-state index contributed by atoms with van der Waals surface area (Å²) >= 11 is 1.75. The molecule has 0 amide bonds. The molecule has 0 bridgehead atoms. The fraction of sp³-hybridized carbons (Fsp3) is 0.824. The number of thiazole rings is 1. The topological polar surface area (TPSA) is 34.2 Å². The molecule has 4 heteroatoms. The second-order valence-corrected chi connectivity index (χ2v) is 7.28. The summed E-state index contributed by atoms with van der Waals surface area (Å²) < 4.78 is 5.94. The monoisotopic (exact) mass is 310 g/mol. The number of hydrogen-bond donors (Lipinski definition) is 1. The Bertz CT molecular complexity index is 401. The maximum atomic E-state index is 5.94. The van der Waals surface area contributed by atoms with Crippen LogP contribution in [0, 0.1) is 12.8 Å². The van der Waals surface area contributed by atoms with Crippen molar-refractivity contribution in [3.8, 4) is 0 Å². The predicted molar refractivity (Wildman–Crippen MR) is 90.0 cm³/mol. The zero-order chi connectivity index (χ0) is 15.1. The van der Waals surface area contributed by atoms with Crippen LogP contribution in [0.3, 0.4) is 0 Å². The third-order valence-electron chi connectivity index (χ3n) is 4.54. The molecule has 2 unspecified atom stereocenters. The normalized spacial score (nSPS) is 19.6. The first-order chi connectivity index (χ1) is 10.2. The summed E-state index contributed by atoms with van der Waals surface area (Å²) in [5.74, 6) is 0.706. The van der Waals surface area contributed by atoms with Gasteiger partial charge in [0.25, 0.3) is 0 Å². The molecule has 2 atom stereocenters. The number of aryl methyl sites for hydroxylation is 1. The molecule has 1 aromatic rings. The minimum Gasteiger partial charge on any atom is -0.380 e. The van der Waals surface area contributed by atoms with Crippen molar-refractivity contribution in [3.63, 3.8) is 0 Å². The van der Waals surface area contributed by atoms with Gasteiger partial charge < -0.3 is 10.1 Å². The van der Waals surface area contributed by atoms with Crippen molar-refractivity contribution < 1.29 is 4.74 Å². The van der Waals surface area contributed by atoms with Gasteiger partial charge in [0.05, 0.1) is 16.8 Å². The zero-order valence-corrected chi connectivity index (χ0v) is 14.5. The van der Waals surface area contributed by atoms with Crippen LogP contribution in [-0.2, 0) is 11.2 Å². The van der Waals surface area contributed by atoms with Gasteiger partial charge in [-0.15, -0.1) is 11.3 Å². The van der Waals surface area contributed by atoms with Crippen molar-refractivity contribution in [1.82, 2.24) is 10.3 Å². The Labute approximate surface area is 133 Å². The third-order valence-corrected chi connectivity index (χ3v) is 5.36. The van der Waals surface area contributed by atoms with E-state index < -0.39 is 0 Å². The Morgan fingerprint density at radius 1 is 1.38 bits per heavy atom. The Hall–Kier alpha value is -0.450. The molecule has 2 rings (SSSR count). The Kier molecular flexibility index (Phi) is 7.14. The Morgan fingerprint density at radius 2 is 2.14 bits per heavy atom. The van der Waals surface area contributed by atoms with Crippen LogP contribution in [-0.4, -0.2) is 30.8 Å². The van der Waals surface area contributed by atoms with Gasteiger partial charge in [-0.2, -0.15) is 0 Å². The van der Waals surface area contributed by atoms with Crippen molar-refractivity contribution in [2.24, 2.45) is 5.92 Å². The van der Waals surface area contributed by atoms with Crippen molar-refractivity contribution in [2.75, 3.05) is 13.7 Å². The van der Waals surface area contributed by atoms with E-state index >= 15 is 0 Å². The molecule has 0 spiro atoms. The van der Waals surface area contributed by atoms with Crippen LogP contribution >= 0.6 is 11.3 Å². The van der Waals surface area contributed by atoms with Gasteiger partial charge in [0.15, 0.2) is 0 Å². The van der Waals surface area contributed by atoms with Crippen LogP contribution in [0.25, 0.3) is 0 Å². The molecule has 0 radical (unpaired) electrons. The highest BCUT2D eigenvalue weighted by atomic mass is 32.1. The van der Waals surface area contributed by atoms with Gasteiger partial charge in [-0.3, -0.25) is 0 Å². The first kappa shape index (κ1) is 16.9. The summed E-state index contributed by atoms with van der Waals surface area (Å²) in [6.07, 6.45) is 9.22. The van der Waals surface area contributed by atoms with Gasteiger partial charge >= 0.3 is 0 Å². The lowest BCUT2D eigenvalue weighted by Gasteiger charge is -2.35. The fourth-order valence-electron chi connectivity index (χ4n) is 3.51. The molecule has 120 valence electrons. The van der Waals surface area contributed by atoms with E-state index in [0.29, 0.717) is 18.1 Å². The molecule has 1 N–H and O–H groups in total. The first-order valence-electron chi connectivity index (χ1n) is 8.41. The lowest BCUT2D eigenvalue weighted by Crippen LogP contribution is -2.47. The third kappa shape index (κ3) is 5.04. The summed E-state index contributed by atoms with van der Waals surface area (Å²) in [6, 6.07) is 0.388. The highest BCUT2D eigenvalue weighted by molar-refractivity contribution is 7.09. The van der Waals surface area contributed by atoms with E-state index in [0.717, 1.165) is 24.4 Å². The molecule has 3 nitrogen and oxygen atoms in total. The van der Waals surface area contributed by atoms with E-state index in [1.54, 1.807) is 11.3 Å². The number of methoxy groups -OCH3 is 1. The van der Waals surface area contributed by atoms with Crippen LogP contribution in [0.5, 0.6) is 0 Å². The number of nitrogens with one attached hydrogen (secondary N) is 1. The number of rotatable bonds is 8. The number of ether oxygens (including phenoxy) is 1. The zero-order valence-electron chi connectivity index (χ0n) is 13.7. The molecule has 1 fully saturated rings. The SMILES string of the molecule is CCCNC(Cc1csc(C)n1)C(OC)C1CCCCC1. The van der Waals surface area contributed by atoms with Gasteiger partial charge in [0.1, 0.15) is 0 Å². The van der Waals surface area contributed by atoms with Crippen LogP contribution in [0.15, 0.2) is 5.38 Å². The second-order valence-electron chi connectivity index (χ2n) is 6.22.